The summed E-state index contributed by atoms with van der Waals surface area (Å²) in [5.74, 6) is 0. The van der Waals surface area contributed by atoms with Gasteiger partial charge in [-0.15, -0.1) is 0 Å². The van der Waals surface area contributed by atoms with Crippen molar-refractivity contribution in [3.05, 3.63) is 0 Å². The molecular formula is C16H36O8Si. The minimum atomic E-state index is -3.70. The topological polar surface area (TPSA) is 73.8 Å². The van der Waals surface area contributed by atoms with Crippen molar-refractivity contribution in [2.24, 2.45) is 0 Å². The molecule has 8 nitrogen and oxygen atoms in total. The van der Waals surface area contributed by atoms with Crippen LogP contribution < -0.4 is 0 Å². The average Bonchev–Trinajstić information content (AvgIpc) is 2.47. The summed E-state index contributed by atoms with van der Waals surface area (Å²) in [5, 5.41) is 0. The van der Waals surface area contributed by atoms with Crippen LogP contribution in [0.4, 0.5) is 0 Å². The lowest BCUT2D eigenvalue weighted by atomic mass is 10.7. The Morgan fingerprint density at radius 3 is 0.840 bits per heavy atom. The molecule has 25 heavy (non-hydrogen) atoms. The van der Waals surface area contributed by atoms with Crippen LogP contribution in [0.1, 0.15) is 55.4 Å². The van der Waals surface area contributed by atoms with E-state index < -0.39 is 34.2 Å². The van der Waals surface area contributed by atoms with Gasteiger partial charge in [-0.05, 0) is 55.4 Å². The quantitative estimate of drug-likeness (QED) is 0.297. The summed E-state index contributed by atoms with van der Waals surface area (Å²) in [5.41, 5.74) is 0. The molecule has 0 aromatic carbocycles. The van der Waals surface area contributed by atoms with Gasteiger partial charge in [0.15, 0.2) is 25.2 Å². The molecule has 0 aliphatic heterocycles. The normalized spacial score (nSPS) is 19.2. The largest absolute Gasteiger partial charge is 0.687 e. The summed E-state index contributed by atoms with van der Waals surface area (Å²) >= 11 is 0. The van der Waals surface area contributed by atoms with Crippen molar-refractivity contribution in [1.82, 2.24) is 0 Å². The van der Waals surface area contributed by atoms with Gasteiger partial charge in [0, 0.05) is 26.4 Å². The lowest BCUT2D eigenvalue weighted by Crippen LogP contribution is -2.57. The van der Waals surface area contributed by atoms with E-state index in [1.807, 2.05) is 27.7 Å². The lowest BCUT2D eigenvalue weighted by Gasteiger charge is -2.35. The zero-order valence-electron chi connectivity index (χ0n) is 16.9. The first-order valence-electron chi connectivity index (χ1n) is 8.99. The van der Waals surface area contributed by atoms with E-state index in [4.69, 9.17) is 36.7 Å². The predicted molar refractivity (Wildman–Crippen MR) is 94.4 cm³/mol. The molecule has 0 fully saturated rings. The van der Waals surface area contributed by atoms with Gasteiger partial charge in [0.2, 0.25) is 0 Å². The Morgan fingerprint density at radius 2 is 0.680 bits per heavy atom. The van der Waals surface area contributed by atoms with Gasteiger partial charge in [-0.1, -0.05) is 0 Å². The fourth-order valence-electron chi connectivity index (χ4n) is 2.05. The SMILES string of the molecule is CCOC(C)O[Si](OC(C)OCC)(OC(C)OCC)OC(C)OCC. The molecule has 4 atom stereocenters. The second kappa shape index (κ2) is 14.0. The van der Waals surface area contributed by atoms with E-state index in [2.05, 4.69) is 0 Å². The van der Waals surface area contributed by atoms with Gasteiger partial charge in [0.25, 0.3) is 0 Å². The Hall–Kier alpha value is -0.103. The maximum Gasteiger partial charge on any atom is 0.687 e. The first-order valence-corrected chi connectivity index (χ1v) is 10.6. The lowest BCUT2D eigenvalue weighted by molar-refractivity contribution is -0.232. The molecule has 0 N–H and O–H groups in total. The van der Waals surface area contributed by atoms with Gasteiger partial charge in [0.1, 0.15) is 0 Å². The zero-order valence-corrected chi connectivity index (χ0v) is 17.9. The van der Waals surface area contributed by atoms with Crippen LogP contribution in [0.2, 0.25) is 0 Å². The van der Waals surface area contributed by atoms with Crippen molar-refractivity contribution in [3.8, 4) is 0 Å². The third kappa shape index (κ3) is 11.3. The minimum absolute atomic E-state index is 0.481. The molecule has 0 saturated heterocycles. The Bertz CT molecular complexity index is 259. The van der Waals surface area contributed by atoms with Gasteiger partial charge in [0.05, 0.1) is 0 Å². The van der Waals surface area contributed by atoms with Crippen molar-refractivity contribution in [2.75, 3.05) is 26.4 Å². The number of rotatable bonds is 16. The van der Waals surface area contributed by atoms with Crippen molar-refractivity contribution in [2.45, 2.75) is 80.6 Å². The Labute approximate surface area is 153 Å². The molecule has 0 rings (SSSR count). The van der Waals surface area contributed by atoms with Crippen LogP contribution in [-0.2, 0) is 36.7 Å². The molecule has 0 aliphatic carbocycles. The summed E-state index contributed by atoms with van der Waals surface area (Å²) in [7, 11) is -3.70. The molecule has 9 heteroatoms. The summed E-state index contributed by atoms with van der Waals surface area (Å²) in [4.78, 5) is 0. The van der Waals surface area contributed by atoms with Crippen LogP contribution in [0.5, 0.6) is 0 Å². The van der Waals surface area contributed by atoms with E-state index >= 15 is 0 Å². The number of hydrogen-bond acceptors (Lipinski definition) is 8. The standard InChI is InChI=1S/C16H36O8Si/c1-9-17-13(5)21-25(22-14(6)18-10-2,23-15(7)19-11-3)24-16(8)20-12-4/h13-16H,9-12H2,1-8H3. The molecule has 0 radical (unpaired) electrons. The van der Waals surface area contributed by atoms with Crippen molar-refractivity contribution < 1.29 is 36.7 Å². The third-order valence-corrected chi connectivity index (χ3v) is 5.33. The van der Waals surface area contributed by atoms with Gasteiger partial charge in [-0.25, -0.2) is 0 Å². The smallest absolute Gasteiger partial charge is 0.354 e. The van der Waals surface area contributed by atoms with Crippen LogP contribution in [0.3, 0.4) is 0 Å². The molecule has 0 heterocycles. The van der Waals surface area contributed by atoms with Gasteiger partial charge in [-0.2, -0.15) is 0 Å². The fourth-order valence-corrected chi connectivity index (χ4v) is 4.29. The molecule has 0 saturated carbocycles. The highest BCUT2D eigenvalue weighted by molar-refractivity contribution is 6.53. The van der Waals surface area contributed by atoms with Gasteiger partial charge >= 0.3 is 9.05 Å². The summed E-state index contributed by atoms with van der Waals surface area (Å²) < 4.78 is 45.6. The minimum Gasteiger partial charge on any atom is -0.354 e. The third-order valence-electron chi connectivity index (χ3n) is 2.85. The van der Waals surface area contributed by atoms with Gasteiger partial charge < -0.3 is 36.7 Å². The molecule has 152 valence electrons. The van der Waals surface area contributed by atoms with E-state index in [0.29, 0.717) is 26.4 Å². The highest BCUT2D eigenvalue weighted by Crippen LogP contribution is 2.22. The van der Waals surface area contributed by atoms with Crippen LogP contribution in [0, 0.1) is 0 Å². The summed E-state index contributed by atoms with van der Waals surface area (Å²) in [6.07, 6.45) is -2.36. The highest BCUT2D eigenvalue weighted by Gasteiger charge is 2.52. The van der Waals surface area contributed by atoms with Crippen LogP contribution in [0.25, 0.3) is 0 Å². The molecule has 4 unspecified atom stereocenters. The van der Waals surface area contributed by atoms with E-state index in [9.17, 15) is 0 Å². The average molecular weight is 385 g/mol. The van der Waals surface area contributed by atoms with Gasteiger partial charge in [-0.3, -0.25) is 0 Å². The van der Waals surface area contributed by atoms with Crippen molar-refractivity contribution in [3.63, 3.8) is 0 Å². The Morgan fingerprint density at radius 1 is 0.480 bits per heavy atom. The van der Waals surface area contributed by atoms with Crippen molar-refractivity contribution in [1.29, 1.82) is 0 Å². The first kappa shape index (κ1) is 24.9. The monoisotopic (exact) mass is 384 g/mol. The molecule has 0 spiro atoms. The van der Waals surface area contributed by atoms with Crippen LogP contribution in [-0.4, -0.2) is 60.6 Å². The van der Waals surface area contributed by atoms with E-state index in [-0.39, 0.29) is 0 Å². The number of hydrogen-bond donors (Lipinski definition) is 0. The Balaban J connectivity index is 5.39. The first-order chi connectivity index (χ1) is 11.8. The molecule has 0 aromatic heterocycles. The van der Waals surface area contributed by atoms with E-state index in [0.717, 1.165) is 0 Å². The predicted octanol–water partition coefficient (Wildman–Crippen LogP) is 3.02. The second-order valence-electron chi connectivity index (χ2n) is 5.06. The molecule has 0 aliphatic rings. The fraction of sp³-hybridized carbons (Fsp3) is 1.00. The summed E-state index contributed by atoms with van der Waals surface area (Å²) in [6, 6.07) is 0. The highest BCUT2D eigenvalue weighted by atomic mass is 28.4. The van der Waals surface area contributed by atoms with Crippen molar-refractivity contribution >= 4 is 9.05 Å². The Kier molecular flexibility index (Phi) is 14.0. The molecule has 0 aromatic rings. The summed E-state index contributed by atoms with van der Waals surface area (Å²) in [6.45, 7) is 16.4. The van der Waals surface area contributed by atoms with Crippen LogP contribution >= 0.6 is 0 Å². The second-order valence-corrected chi connectivity index (χ2v) is 7.01. The number of ether oxygens (including phenoxy) is 4. The maximum absolute atomic E-state index is 5.94. The van der Waals surface area contributed by atoms with E-state index in [1.165, 1.54) is 0 Å². The maximum atomic E-state index is 5.94. The molecule has 0 amide bonds. The molecular weight excluding hydrogens is 348 g/mol. The molecule has 0 bridgehead atoms. The van der Waals surface area contributed by atoms with Crippen LogP contribution in [0.15, 0.2) is 0 Å². The van der Waals surface area contributed by atoms with E-state index in [1.54, 1.807) is 27.7 Å². The zero-order chi connectivity index (χ0) is 19.3.